The summed E-state index contributed by atoms with van der Waals surface area (Å²) in [4.78, 5) is 34.3. The second-order valence-corrected chi connectivity index (χ2v) is 5.63. The first-order valence-electron chi connectivity index (χ1n) is 6.26. The van der Waals surface area contributed by atoms with Crippen molar-refractivity contribution in [3.05, 3.63) is 39.4 Å². The molecule has 0 aromatic heterocycles. The molecule has 1 rings (SSSR count). The molecule has 0 spiro atoms. The van der Waals surface area contributed by atoms with Crippen LogP contribution in [0.1, 0.15) is 6.92 Å². The van der Waals surface area contributed by atoms with Crippen LogP contribution in [0, 0.1) is 0 Å². The minimum absolute atomic E-state index is 0.0240. The number of hydrogen-bond donors (Lipinski definition) is 2. The van der Waals surface area contributed by atoms with Gasteiger partial charge in [-0.1, -0.05) is 41.4 Å². The van der Waals surface area contributed by atoms with Crippen LogP contribution in [0.2, 0.25) is 15.1 Å². The van der Waals surface area contributed by atoms with Gasteiger partial charge in [-0.15, -0.1) is 0 Å². The van der Waals surface area contributed by atoms with Gasteiger partial charge in [-0.25, -0.2) is 4.79 Å². The molecular formula is C14H13Cl3N2O4. The Balaban J connectivity index is 2.46. The van der Waals surface area contributed by atoms with Gasteiger partial charge in [0.15, 0.2) is 5.75 Å². The second kappa shape index (κ2) is 8.76. The van der Waals surface area contributed by atoms with Gasteiger partial charge in [0.05, 0.1) is 21.6 Å². The summed E-state index contributed by atoms with van der Waals surface area (Å²) in [6.07, 6.45) is 0. The van der Waals surface area contributed by atoms with Crippen molar-refractivity contribution in [2.45, 2.75) is 6.92 Å². The van der Waals surface area contributed by atoms with Crippen molar-refractivity contribution in [2.75, 3.05) is 13.1 Å². The summed E-state index contributed by atoms with van der Waals surface area (Å²) < 4.78 is 4.97. The fourth-order valence-corrected chi connectivity index (χ4v) is 1.86. The quantitative estimate of drug-likeness (QED) is 0.344. The summed E-state index contributed by atoms with van der Waals surface area (Å²) in [5.41, 5.74) is 0.270. The molecule has 0 aliphatic heterocycles. The number of halogens is 3. The molecule has 0 atom stereocenters. The predicted octanol–water partition coefficient (Wildman–Crippen LogP) is 2.36. The van der Waals surface area contributed by atoms with E-state index >= 15 is 0 Å². The van der Waals surface area contributed by atoms with Crippen molar-refractivity contribution in [1.29, 1.82) is 0 Å². The molecule has 0 aliphatic carbocycles. The van der Waals surface area contributed by atoms with Gasteiger partial charge >= 0.3 is 5.97 Å². The van der Waals surface area contributed by atoms with Crippen LogP contribution in [0.4, 0.5) is 0 Å². The third-order valence-electron chi connectivity index (χ3n) is 2.43. The Morgan fingerprint density at radius 3 is 2.26 bits per heavy atom. The summed E-state index contributed by atoms with van der Waals surface area (Å²) in [6.45, 7) is 4.24. The zero-order chi connectivity index (χ0) is 17.6. The maximum atomic E-state index is 11.6. The van der Waals surface area contributed by atoms with Gasteiger partial charge in [0.2, 0.25) is 11.8 Å². The molecule has 2 amide bonds. The van der Waals surface area contributed by atoms with Crippen LogP contribution in [0.5, 0.6) is 5.75 Å². The van der Waals surface area contributed by atoms with E-state index in [4.69, 9.17) is 39.5 Å². The SMILES string of the molecule is C=C(C)C(=O)NCC(=O)NCC(=O)Oc1cc(Cl)c(Cl)cc1Cl. The largest absolute Gasteiger partial charge is 0.424 e. The van der Waals surface area contributed by atoms with Crippen LogP contribution in [0.25, 0.3) is 0 Å². The molecule has 0 fully saturated rings. The normalized spacial score (nSPS) is 9.91. The van der Waals surface area contributed by atoms with E-state index in [9.17, 15) is 14.4 Å². The van der Waals surface area contributed by atoms with E-state index in [-0.39, 0.29) is 32.9 Å². The average molecular weight is 380 g/mol. The minimum Gasteiger partial charge on any atom is -0.424 e. The molecule has 2 N–H and O–H groups in total. The third-order valence-corrected chi connectivity index (χ3v) is 3.44. The maximum absolute atomic E-state index is 11.6. The molecule has 0 saturated heterocycles. The lowest BCUT2D eigenvalue weighted by atomic mass is 10.3. The maximum Gasteiger partial charge on any atom is 0.330 e. The molecule has 23 heavy (non-hydrogen) atoms. The first kappa shape index (κ1) is 19.3. The van der Waals surface area contributed by atoms with Gasteiger partial charge < -0.3 is 15.4 Å². The molecule has 0 bridgehead atoms. The molecule has 1 aromatic rings. The Hall–Kier alpha value is -1.76. The van der Waals surface area contributed by atoms with Gasteiger partial charge in [0.1, 0.15) is 6.54 Å². The molecule has 1 aromatic carbocycles. The van der Waals surface area contributed by atoms with Gasteiger partial charge in [-0.05, 0) is 13.0 Å². The van der Waals surface area contributed by atoms with Gasteiger partial charge in [-0.3, -0.25) is 9.59 Å². The highest BCUT2D eigenvalue weighted by molar-refractivity contribution is 6.43. The van der Waals surface area contributed by atoms with Gasteiger partial charge in [0, 0.05) is 11.6 Å². The van der Waals surface area contributed by atoms with E-state index in [1.807, 2.05) is 0 Å². The molecule has 124 valence electrons. The van der Waals surface area contributed by atoms with Crippen molar-refractivity contribution >= 4 is 52.6 Å². The number of rotatable bonds is 6. The van der Waals surface area contributed by atoms with Crippen molar-refractivity contribution < 1.29 is 19.1 Å². The summed E-state index contributed by atoms with van der Waals surface area (Å²) in [7, 11) is 0. The van der Waals surface area contributed by atoms with Crippen LogP contribution in [-0.4, -0.2) is 30.9 Å². The Bertz CT molecular complexity index is 662. The number of carbonyl (C=O) groups excluding carboxylic acids is 3. The van der Waals surface area contributed by atoms with Crippen LogP contribution < -0.4 is 15.4 Å². The van der Waals surface area contributed by atoms with E-state index in [1.54, 1.807) is 0 Å². The third kappa shape index (κ3) is 6.48. The van der Waals surface area contributed by atoms with Gasteiger partial charge in [0.25, 0.3) is 0 Å². The highest BCUT2D eigenvalue weighted by Gasteiger charge is 2.13. The number of nitrogens with one attached hydrogen (secondary N) is 2. The minimum atomic E-state index is -0.759. The molecule has 0 unspecified atom stereocenters. The van der Waals surface area contributed by atoms with E-state index in [2.05, 4.69) is 17.2 Å². The molecule has 9 heteroatoms. The first-order chi connectivity index (χ1) is 10.7. The lowest BCUT2D eigenvalue weighted by molar-refractivity contribution is -0.135. The van der Waals surface area contributed by atoms with Crippen molar-refractivity contribution in [1.82, 2.24) is 10.6 Å². The summed E-state index contributed by atoms with van der Waals surface area (Å²) >= 11 is 17.4. The van der Waals surface area contributed by atoms with Crippen LogP contribution in [0.3, 0.4) is 0 Å². The predicted molar refractivity (Wildman–Crippen MR) is 87.9 cm³/mol. The topological polar surface area (TPSA) is 84.5 Å². The second-order valence-electron chi connectivity index (χ2n) is 4.41. The Morgan fingerprint density at radius 1 is 1.04 bits per heavy atom. The lowest BCUT2D eigenvalue weighted by Gasteiger charge is -2.09. The number of ether oxygens (including phenoxy) is 1. The molecule has 0 saturated carbocycles. The van der Waals surface area contributed by atoms with Crippen LogP contribution in [0.15, 0.2) is 24.3 Å². The summed E-state index contributed by atoms with van der Waals surface area (Å²) in [5.74, 6) is -1.75. The number of benzene rings is 1. The smallest absolute Gasteiger partial charge is 0.330 e. The molecular weight excluding hydrogens is 367 g/mol. The average Bonchev–Trinajstić information content (AvgIpc) is 2.48. The summed E-state index contributed by atoms with van der Waals surface area (Å²) in [5, 5.41) is 5.10. The van der Waals surface area contributed by atoms with Crippen LogP contribution in [-0.2, 0) is 14.4 Å². The Labute approximate surface area is 147 Å². The van der Waals surface area contributed by atoms with E-state index in [1.165, 1.54) is 19.1 Å². The van der Waals surface area contributed by atoms with Gasteiger partial charge in [-0.2, -0.15) is 0 Å². The van der Waals surface area contributed by atoms with Crippen molar-refractivity contribution in [2.24, 2.45) is 0 Å². The zero-order valence-electron chi connectivity index (χ0n) is 12.0. The standard InChI is InChI=1S/C14H13Cl3N2O4/c1-7(2)14(22)19-5-12(20)18-6-13(21)23-11-4-9(16)8(15)3-10(11)17/h3-4H,1,5-6H2,2H3,(H,18,20)(H,19,22). The Morgan fingerprint density at radius 2 is 1.65 bits per heavy atom. The fraction of sp³-hybridized carbons (Fsp3) is 0.214. The lowest BCUT2D eigenvalue weighted by Crippen LogP contribution is -2.40. The first-order valence-corrected chi connectivity index (χ1v) is 7.39. The number of carbonyl (C=O) groups is 3. The van der Waals surface area contributed by atoms with Crippen molar-refractivity contribution in [3.8, 4) is 5.75 Å². The number of amides is 2. The molecule has 0 aliphatic rings. The Kier molecular flexibility index (Phi) is 7.35. The summed E-state index contributed by atoms with van der Waals surface area (Å²) in [6, 6.07) is 2.62. The molecule has 0 radical (unpaired) electrons. The number of esters is 1. The molecule has 0 heterocycles. The van der Waals surface area contributed by atoms with E-state index in [0.29, 0.717) is 0 Å². The number of hydrogen-bond acceptors (Lipinski definition) is 4. The van der Waals surface area contributed by atoms with Crippen LogP contribution >= 0.6 is 34.8 Å². The highest BCUT2D eigenvalue weighted by Crippen LogP contribution is 2.33. The fourth-order valence-electron chi connectivity index (χ4n) is 1.29. The molecule has 6 nitrogen and oxygen atoms in total. The monoisotopic (exact) mass is 378 g/mol. The van der Waals surface area contributed by atoms with Crippen molar-refractivity contribution in [3.63, 3.8) is 0 Å². The highest BCUT2D eigenvalue weighted by atomic mass is 35.5. The zero-order valence-corrected chi connectivity index (χ0v) is 14.3. The van der Waals surface area contributed by atoms with E-state index < -0.39 is 24.3 Å². The van der Waals surface area contributed by atoms with E-state index in [0.717, 1.165) is 0 Å².